The topological polar surface area (TPSA) is 22.3 Å². The van der Waals surface area contributed by atoms with Gasteiger partial charge in [-0.1, -0.05) is 6.08 Å². The third-order valence-electron chi connectivity index (χ3n) is 2.68. The highest BCUT2D eigenvalue weighted by atomic mass is 15.3. The number of aromatic amines is 1. The highest BCUT2D eigenvalue weighted by Gasteiger charge is 2.15. The van der Waals surface area contributed by atoms with E-state index >= 15 is 0 Å². The molecule has 1 fully saturated rings. The summed E-state index contributed by atoms with van der Waals surface area (Å²) in [5.74, 6) is 1.24. The summed E-state index contributed by atoms with van der Waals surface area (Å²) in [5, 5.41) is 0. The van der Waals surface area contributed by atoms with Gasteiger partial charge in [0.05, 0.1) is 0 Å². The molecule has 0 unspecified atom stereocenters. The number of hydrogen-bond donors (Lipinski definition) is 1. The number of nitrogens with zero attached hydrogens (tertiary/aromatic N) is 2. The van der Waals surface area contributed by atoms with E-state index in [9.17, 15) is 0 Å². The van der Waals surface area contributed by atoms with Crippen molar-refractivity contribution in [1.82, 2.24) is 9.88 Å². The van der Waals surface area contributed by atoms with Crippen molar-refractivity contribution < 1.29 is 0 Å². The lowest BCUT2D eigenvalue weighted by Gasteiger charge is -2.34. The SMILES string of the molecule is C=CCN1CCN(c2ccc[nH]2)CC1. The summed E-state index contributed by atoms with van der Waals surface area (Å²) in [6, 6.07) is 4.18. The van der Waals surface area contributed by atoms with Crippen molar-refractivity contribution in [3.05, 3.63) is 31.0 Å². The summed E-state index contributed by atoms with van der Waals surface area (Å²) in [6.45, 7) is 9.25. The summed E-state index contributed by atoms with van der Waals surface area (Å²) < 4.78 is 0. The van der Waals surface area contributed by atoms with Crippen LogP contribution in [0.3, 0.4) is 0 Å². The first-order chi connectivity index (χ1) is 6.90. The van der Waals surface area contributed by atoms with Gasteiger partial charge < -0.3 is 9.88 Å². The van der Waals surface area contributed by atoms with Crippen LogP contribution < -0.4 is 4.90 Å². The summed E-state index contributed by atoms with van der Waals surface area (Å²) in [5.41, 5.74) is 0. The van der Waals surface area contributed by atoms with E-state index in [1.165, 1.54) is 5.82 Å². The molecule has 2 rings (SSSR count). The van der Waals surface area contributed by atoms with Crippen LogP contribution >= 0.6 is 0 Å². The predicted octanol–water partition coefficient (Wildman–Crippen LogP) is 1.32. The number of hydrogen-bond acceptors (Lipinski definition) is 2. The number of piperazine rings is 1. The third-order valence-corrected chi connectivity index (χ3v) is 2.68. The molecule has 0 saturated carbocycles. The molecule has 1 saturated heterocycles. The van der Waals surface area contributed by atoms with E-state index in [-0.39, 0.29) is 0 Å². The lowest BCUT2D eigenvalue weighted by Crippen LogP contribution is -2.46. The highest BCUT2D eigenvalue weighted by Crippen LogP contribution is 2.12. The molecule has 0 radical (unpaired) electrons. The van der Waals surface area contributed by atoms with Crippen molar-refractivity contribution in [2.24, 2.45) is 0 Å². The van der Waals surface area contributed by atoms with Crippen LogP contribution in [0.25, 0.3) is 0 Å². The van der Waals surface area contributed by atoms with Crippen molar-refractivity contribution in [3.63, 3.8) is 0 Å². The fraction of sp³-hybridized carbons (Fsp3) is 0.455. The van der Waals surface area contributed by atoms with Crippen molar-refractivity contribution >= 4 is 5.82 Å². The molecule has 76 valence electrons. The maximum Gasteiger partial charge on any atom is 0.105 e. The fourth-order valence-corrected chi connectivity index (χ4v) is 1.87. The molecular formula is C11H17N3. The van der Waals surface area contributed by atoms with Crippen LogP contribution in [0.5, 0.6) is 0 Å². The van der Waals surface area contributed by atoms with E-state index < -0.39 is 0 Å². The molecule has 0 spiro atoms. The highest BCUT2D eigenvalue weighted by molar-refractivity contribution is 5.39. The lowest BCUT2D eigenvalue weighted by molar-refractivity contribution is 0.283. The predicted molar refractivity (Wildman–Crippen MR) is 59.6 cm³/mol. The van der Waals surface area contributed by atoms with Gasteiger partial charge in [-0.25, -0.2) is 0 Å². The van der Waals surface area contributed by atoms with Crippen LogP contribution in [0, 0.1) is 0 Å². The first-order valence-electron chi connectivity index (χ1n) is 5.12. The Balaban J connectivity index is 1.87. The van der Waals surface area contributed by atoms with E-state index in [1.54, 1.807) is 0 Å². The Labute approximate surface area is 85.0 Å². The summed E-state index contributed by atoms with van der Waals surface area (Å²) in [6.07, 6.45) is 3.95. The zero-order valence-corrected chi connectivity index (χ0v) is 8.45. The van der Waals surface area contributed by atoms with Gasteiger partial charge in [0.15, 0.2) is 0 Å². The standard InChI is InChI=1S/C11H17N3/c1-2-6-13-7-9-14(10-8-13)11-4-3-5-12-11/h2-5,12H,1,6-10H2. The molecule has 1 aliphatic heterocycles. The Bertz CT molecular complexity index is 271. The number of aromatic nitrogens is 1. The first kappa shape index (κ1) is 9.34. The zero-order chi connectivity index (χ0) is 9.80. The second kappa shape index (κ2) is 4.33. The second-order valence-electron chi connectivity index (χ2n) is 3.63. The molecular weight excluding hydrogens is 174 g/mol. The van der Waals surface area contributed by atoms with E-state index in [0.717, 1.165) is 32.7 Å². The van der Waals surface area contributed by atoms with Gasteiger partial charge in [0.25, 0.3) is 0 Å². The summed E-state index contributed by atoms with van der Waals surface area (Å²) in [4.78, 5) is 8.05. The minimum Gasteiger partial charge on any atom is -0.356 e. The van der Waals surface area contributed by atoms with Crippen LogP contribution in [-0.2, 0) is 0 Å². The monoisotopic (exact) mass is 191 g/mol. The van der Waals surface area contributed by atoms with E-state index in [2.05, 4.69) is 27.4 Å². The maximum absolute atomic E-state index is 3.76. The van der Waals surface area contributed by atoms with Gasteiger partial charge >= 0.3 is 0 Å². The average Bonchev–Trinajstić information content (AvgIpc) is 2.72. The molecule has 0 aliphatic carbocycles. The molecule has 3 heteroatoms. The number of nitrogens with one attached hydrogen (secondary N) is 1. The lowest BCUT2D eigenvalue weighted by atomic mass is 10.3. The smallest absolute Gasteiger partial charge is 0.105 e. The van der Waals surface area contributed by atoms with Crippen molar-refractivity contribution in [3.8, 4) is 0 Å². The fourth-order valence-electron chi connectivity index (χ4n) is 1.87. The summed E-state index contributed by atoms with van der Waals surface area (Å²) in [7, 11) is 0. The van der Waals surface area contributed by atoms with Gasteiger partial charge in [-0.2, -0.15) is 0 Å². The Kier molecular flexibility index (Phi) is 2.89. The van der Waals surface area contributed by atoms with E-state index in [0.29, 0.717) is 0 Å². The molecule has 1 N–H and O–H groups in total. The molecule has 0 amide bonds. The van der Waals surface area contributed by atoms with Gasteiger partial charge in [0, 0.05) is 38.9 Å². The van der Waals surface area contributed by atoms with Crippen molar-refractivity contribution in [2.45, 2.75) is 0 Å². The molecule has 1 aromatic rings. The largest absolute Gasteiger partial charge is 0.356 e. The third kappa shape index (κ3) is 1.99. The quantitative estimate of drug-likeness (QED) is 0.728. The normalized spacial score (nSPS) is 18.4. The molecule has 1 aromatic heterocycles. The molecule has 3 nitrogen and oxygen atoms in total. The van der Waals surface area contributed by atoms with Crippen LogP contribution in [0.2, 0.25) is 0 Å². The number of H-pyrrole nitrogens is 1. The Morgan fingerprint density at radius 3 is 2.71 bits per heavy atom. The minimum absolute atomic E-state index is 1.01. The van der Waals surface area contributed by atoms with Crippen LogP contribution in [0.15, 0.2) is 31.0 Å². The molecule has 14 heavy (non-hydrogen) atoms. The Hall–Kier alpha value is -1.22. The van der Waals surface area contributed by atoms with Crippen molar-refractivity contribution in [2.75, 3.05) is 37.6 Å². The molecule has 2 heterocycles. The molecule has 1 aliphatic rings. The Morgan fingerprint density at radius 1 is 1.36 bits per heavy atom. The number of anilines is 1. The molecule has 0 atom stereocenters. The van der Waals surface area contributed by atoms with Crippen molar-refractivity contribution in [1.29, 1.82) is 0 Å². The summed E-state index contributed by atoms with van der Waals surface area (Å²) >= 11 is 0. The number of rotatable bonds is 3. The van der Waals surface area contributed by atoms with Crippen LogP contribution in [-0.4, -0.2) is 42.6 Å². The van der Waals surface area contributed by atoms with E-state index in [4.69, 9.17) is 0 Å². The van der Waals surface area contributed by atoms with Gasteiger partial charge in [-0.05, 0) is 12.1 Å². The second-order valence-corrected chi connectivity index (χ2v) is 3.63. The van der Waals surface area contributed by atoms with Crippen LogP contribution in [0.1, 0.15) is 0 Å². The molecule has 0 aromatic carbocycles. The molecule has 0 bridgehead atoms. The zero-order valence-electron chi connectivity index (χ0n) is 8.45. The average molecular weight is 191 g/mol. The van der Waals surface area contributed by atoms with Crippen LogP contribution in [0.4, 0.5) is 5.82 Å². The van der Waals surface area contributed by atoms with Gasteiger partial charge in [-0.15, -0.1) is 6.58 Å². The van der Waals surface area contributed by atoms with Gasteiger partial charge in [0.2, 0.25) is 0 Å². The van der Waals surface area contributed by atoms with Gasteiger partial charge in [0.1, 0.15) is 5.82 Å². The van der Waals surface area contributed by atoms with E-state index in [1.807, 2.05) is 18.3 Å². The maximum atomic E-state index is 3.76. The first-order valence-corrected chi connectivity index (χ1v) is 5.12. The van der Waals surface area contributed by atoms with Gasteiger partial charge in [-0.3, -0.25) is 4.90 Å². The minimum atomic E-state index is 1.01. The Morgan fingerprint density at radius 2 is 2.14 bits per heavy atom.